The van der Waals surface area contributed by atoms with E-state index < -0.39 is 0 Å². The molecular formula is C23H18. The van der Waals surface area contributed by atoms with Gasteiger partial charge in [-0.3, -0.25) is 0 Å². The fourth-order valence-electron chi connectivity index (χ4n) is 3.64. The zero-order valence-electron chi connectivity index (χ0n) is 13.4. The smallest absolute Gasteiger partial charge is 0.0246 e. The van der Waals surface area contributed by atoms with Crippen LogP contribution in [0.2, 0.25) is 0 Å². The largest absolute Gasteiger partial charge is 0.115 e. The van der Waals surface area contributed by atoms with Crippen LogP contribution in [-0.4, -0.2) is 0 Å². The van der Waals surface area contributed by atoms with Crippen LogP contribution in [0.3, 0.4) is 0 Å². The zero-order valence-corrected chi connectivity index (χ0v) is 13.4. The van der Waals surface area contributed by atoms with E-state index in [1.807, 2.05) is 6.07 Å². The molecule has 0 heteroatoms. The monoisotopic (exact) mass is 294 g/mol. The van der Waals surface area contributed by atoms with Crippen LogP contribution in [0, 0.1) is 12.3 Å². The zero-order chi connectivity index (χ0) is 16.0. The molecule has 4 rings (SSSR count). The second kappa shape index (κ2) is 4.86. The van der Waals surface area contributed by atoms with Gasteiger partial charge in [0.05, 0.1) is 0 Å². The minimum atomic E-state index is -0.0255. The third-order valence-electron chi connectivity index (χ3n) is 4.95. The number of fused-ring (bicyclic) bond motifs is 3. The first kappa shape index (κ1) is 13.9. The Morgan fingerprint density at radius 2 is 1.39 bits per heavy atom. The molecule has 0 fully saturated rings. The van der Waals surface area contributed by atoms with Gasteiger partial charge in [-0.1, -0.05) is 68.3 Å². The molecule has 0 spiro atoms. The molecule has 0 heterocycles. The van der Waals surface area contributed by atoms with Crippen molar-refractivity contribution in [3.05, 3.63) is 83.4 Å². The molecule has 0 nitrogen and oxygen atoms in total. The maximum absolute atomic E-state index is 5.59. The minimum Gasteiger partial charge on any atom is -0.115 e. The molecule has 0 unspecified atom stereocenters. The van der Waals surface area contributed by atoms with E-state index in [1.54, 1.807) is 0 Å². The Hall–Kier alpha value is -2.78. The van der Waals surface area contributed by atoms with Crippen molar-refractivity contribution in [2.45, 2.75) is 19.3 Å². The predicted octanol–water partition coefficient (Wildman–Crippen LogP) is 5.64. The molecule has 110 valence electrons. The Kier molecular flexibility index (Phi) is 2.93. The number of hydrogen-bond donors (Lipinski definition) is 0. The minimum absolute atomic E-state index is 0.0255. The molecule has 3 aromatic carbocycles. The fraction of sp³-hybridized carbons (Fsp3) is 0.130. The van der Waals surface area contributed by atoms with Crippen LogP contribution < -0.4 is 0 Å². The number of benzene rings is 3. The molecule has 0 N–H and O–H groups in total. The van der Waals surface area contributed by atoms with E-state index in [4.69, 9.17) is 6.42 Å². The SMILES string of the molecule is C#Cc1ccc2c(c1)C(C)(C)c1cc(-c3ccccc3)ccc1-2. The molecule has 0 aliphatic heterocycles. The highest BCUT2D eigenvalue weighted by Gasteiger charge is 2.35. The van der Waals surface area contributed by atoms with Crippen molar-refractivity contribution in [3.8, 4) is 34.6 Å². The predicted molar refractivity (Wildman–Crippen MR) is 97.4 cm³/mol. The first-order valence-corrected chi connectivity index (χ1v) is 7.93. The van der Waals surface area contributed by atoms with Crippen molar-refractivity contribution in [1.82, 2.24) is 0 Å². The Balaban J connectivity index is 1.92. The summed E-state index contributed by atoms with van der Waals surface area (Å²) in [6, 6.07) is 23.7. The summed E-state index contributed by atoms with van der Waals surface area (Å²) in [4.78, 5) is 0. The summed E-state index contributed by atoms with van der Waals surface area (Å²) in [7, 11) is 0. The molecular weight excluding hydrogens is 276 g/mol. The topological polar surface area (TPSA) is 0 Å². The van der Waals surface area contributed by atoms with Crippen molar-refractivity contribution in [1.29, 1.82) is 0 Å². The van der Waals surface area contributed by atoms with Gasteiger partial charge >= 0.3 is 0 Å². The van der Waals surface area contributed by atoms with E-state index in [0.29, 0.717) is 0 Å². The van der Waals surface area contributed by atoms with Crippen molar-refractivity contribution < 1.29 is 0 Å². The summed E-state index contributed by atoms with van der Waals surface area (Å²) in [6.45, 7) is 4.57. The number of rotatable bonds is 1. The lowest BCUT2D eigenvalue weighted by atomic mass is 9.81. The van der Waals surface area contributed by atoms with Gasteiger partial charge in [0.1, 0.15) is 0 Å². The van der Waals surface area contributed by atoms with E-state index in [2.05, 4.69) is 80.4 Å². The van der Waals surface area contributed by atoms with Gasteiger partial charge in [-0.25, -0.2) is 0 Å². The van der Waals surface area contributed by atoms with Crippen LogP contribution in [0.4, 0.5) is 0 Å². The lowest BCUT2D eigenvalue weighted by Crippen LogP contribution is -2.15. The van der Waals surface area contributed by atoms with Crippen molar-refractivity contribution in [2.75, 3.05) is 0 Å². The summed E-state index contributed by atoms with van der Waals surface area (Å²) >= 11 is 0. The second-order valence-corrected chi connectivity index (χ2v) is 6.66. The van der Waals surface area contributed by atoms with Gasteiger partial charge in [-0.15, -0.1) is 6.42 Å². The van der Waals surface area contributed by atoms with E-state index in [0.717, 1.165) is 5.56 Å². The molecule has 1 aliphatic carbocycles. The molecule has 23 heavy (non-hydrogen) atoms. The average Bonchev–Trinajstić information content (AvgIpc) is 2.83. The first-order valence-electron chi connectivity index (χ1n) is 7.93. The highest BCUT2D eigenvalue weighted by molar-refractivity contribution is 5.84. The quantitative estimate of drug-likeness (QED) is 0.509. The Morgan fingerprint density at radius 1 is 0.739 bits per heavy atom. The molecule has 0 aromatic heterocycles. The van der Waals surface area contributed by atoms with Crippen LogP contribution in [0.25, 0.3) is 22.3 Å². The molecule has 0 saturated carbocycles. The third kappa shape index (κ3) is 2.01. The Morgan fingerprint density at radius 3 is 2.09 bits per heavy atom. The van der Waals surface area contributed by atoms with E-state index in [-0.39, 0.29) is 5.41 Å². The van der Waals surface area contributed by atoms with Crippen LogP contribution in [0.1, 0.15) is 30.5 Å². The lowest BCUT2D eigenvalue weighted by Gasteiger charge is -2.22. The van der Waals surface area contributed by atoms with E-state index in [9.17, 15) is 0 Å². The summed E-state index contributed by atoms with van der Waals surface area (Å²) in [5.74, 6) is 2.76. The average molecular weight is 294 g/mol. The van der Waals surface area contributed by atoms with Gasteiger partial charge in [0.15, 0.2) is 0 Å². The number of hydrogen-bond acceptors (Lipinski definition) is 0. The Bertz CT molecular complexity index is 938. The van der Waals surface area contributed by atoms with Crippen LogP contribution >= 0.6 is 0 Å². The van der Waals surface area contributed by atoms with Crippen molar-refractivity contribution in [2.24, 2.45) is 0 Å². The molecule has 3 aromatic rings. The summed E-state index contributed by atoms with van der Waals surface area (Å²) in [5, 5.41) is 0. The molecule has 0 radical (unpaired) electrons. The van der Waals surface area contributed by atoms with Gasteiger partial charge in [0.25, 0.3) is 0 Å². The summed E-state index contributed by atoms with van der Waals surface area (Å²) in [6.07, 6.45) is 5.59. The molecule has 0 saturated heterocycles. The normalized spacial score (nSPS) is 14.0. The Labute approximate surface area is 137 Å². The lowest BCUT2D eigenvalue weighted by molar-refractivity contribution is 0.660. The molecule has 0 atom stereocenters. The number of terminal acetylenes is 1. The fourth-order valence-corrected chi connectivity index (χ4v) is 3.64. The maximum atomic E-state index is 5.59. The van der Waals surface area contributed by atoms with Gasteiger partial charge in [-0.05, 0) is 51.6 Å². The highest BCUT2D eigenvalue weighted by atomic mass is 14.4. The standard InChI is InChI=1S/C23H18/c1-4-16-10-12-19-20-13-11-18(17-8-6-5-7-9-17)15-22(20)23(2,3)21(19)14-16/h1,5-15H,2-3H3. The van der Waals surface area contributed by atoms with Crippen LogP contribution in [0.15, 0.2) is 66.7 Å². The van der Waals surface area contributed by atoms with Crippen molar-refractivity contribution in [3.63, 3.8) is 0 Å². The molecule has 1 aliphatic rings. The highest BCUT2D eigenvalue weighted by Crippen LogP contribution is 2.49. The van der Waals surface area contributed by atoms with Crippen LogP contribution in [0.5, 0.6) is 0 Å². The second-order valence-electron chi connectivity index (χ2n) is 6.66. The first-order chi connectivity index (χ1) is 11.1. The van der Waals surface area contributed by atoms with Crippen LogP contribution in [-0.2, 0) is 5.41 Å². The van der Waals surface area contributed by atoms with Crippen molar-refractivity contribution >= 4 is 0 Å². The summed E-state index contributed by atoms with van der Waals surface area (Å²) < 4.78 is 0. The van der Waals surface area contributed by atoms with Gasteiger partial charge in [-0.2, -0.15) is 0 Å². The molecule has 0 amide bonds. The molecule has 0 bridgehead atoms. The summed E-state index contributed by atoms with van der Waals surface area (Å²) in [5.41, 5.74) is 8.79. The van der Waals surface area contributed by atoms with E-state index >= 15 is 0 Å². The van der Waals surface area contributed by atoms with Gasteiger partial charge in [0, 0.05) is 11.0 Å². The maximum Gasteiger partial charge on any atom is 0.0246 e. The third-order valence-corrected chi connectivity index (χ3v) is 4.95. The van der Waals surface area contributed by atoms with E-state index in [1.165, 1.54) is 33.4 Å². The van der Waals surface area contributed by atoms with Gasteiger partial charge in [0.2, 0.25) is 0 Å². The van der Waals surface area contributed by atoms with Gasteiger partial charge < -0.3 is 0 Å².